The Morgan fingerprint density at radius 3 is 2.73 bits per heavy atom. The van der Waals surface area contributed by atoms with Crippen LogP contribution in [0.15, 0.2) is 34.4 Å². The van der Waals surface area contributed by atoms with Crippen LogP contribution >= 0.6 is 0 Å². The van der Waals surface area contributed by atoms with Gasteiger partial charge in [-0.3, -0.25) is 15.1 Å². The zero-order valence-electron chi connectivity index (χ0n) is 27.2. The number of carbonyl (C=O) groups is 1. The molecular formula is C33H49N7O4S. The van der Waals surface area contributed by atoms with Crippen molar-refractivity contribution < 1.29 is 17.9 Å². The van der Waals surface area contributed by atoms with Crippen molar-refractivity contribution in [3.8, 4) is 0 Å². The van der Waals surface area contributed by atoms with E-state index in [1.54, 1.807) is 18.2 Å². The Hall–Kier alpha value is -2.99. The van der Waals surface area contributed by atoms with Gasteiger partial charge in [0.1, 0.15) is 5.82 Å². The van der Waals surface area contributed by atoms with Gasteiger partial charge in [0.05, 0.1) is 25.4 Å². The third kappa shape index (κ3) is 6.77. The van der Waals surface area contributed by atoms with Crippen molar-refractivity contribution >= 4 is 38.5 Å². The lowest BCUT2D eigenvalue weighted by molar-refractivity contribution is 0.0982. The number of nitrogens with one attached hydrogen (secondary N) is 2. The largest absolute Gasteiger partial charge is 0.480 e. The Balaban J connectivity index is 1.28. The lowest BCUT2D eigenvalue weighted by Crippen LogP contribution is -2.42. The number of rotatable bonds is 6. The first-order valence-electron chi connectivity index (χ1n) is 16.8. The first-order chi connectivity index (χ1) is 21.5. The van der Waals surface area contributed by atoms with E-state index in [1.165, 1.54) is 31.8 Å². The van der Waals surface area contributed by atoms with Gasteiger partial charge in [-0.2, -0.15) is 8.42 Å². The molecule has 5 aliphatic rings. The fraction of sp³-hybridized carbons (Fsp3) is 0.697. The van der Waals surface area contributed by atoms with Gasteiger partial charge in [0, 0.05) is 18.5 Å². The van der Waals surface area contributed by atoms with Gasteiger partial charge in [-0.05, 0) is 113 Å². The van der Waals surface area contributed by atoms with Crippen LogP contribution in [0.4, 0.5) is 11.6 Å². The Morgan fingerprint density at radius 2 is 2.00 bits per heavy atom. The topological polar surface area (TPSA) is 129 Å². The number of hydrogen-bond donors (Lipinski definition) is 2. The number of allylic oxidation sites excluding steroid dienone is 1. The zero-order chi connectivity index (χ0) is 31.8. The number of nitrogens with zero attached hydrogens (tertiary/aromatic N) is 5. The van der Waals surface area contributed by atoms with Crippen molar-refractivity contribution in [2.45, 2.75) is 91.0 Å². The molecule has 45 heavy (non-hydrogen) atoms. The molecule has 1 spiro atoms. The number of fused-ring (bicyclic) bond motifs is 4. The molecule has 6 rings (SSSR count). The van der Waals surface area contributed by atoms with E-state index < -0.39 is 15.9 Å². The van der Waals surface area contributed by atoms with Crippen molar-refractivity contribution in [3.63, 3.8) is 0 Å². The summed E-state index contributed by atoms with van der Waals surface area (Å²) in [5, 5.41) is 9.66. The van der Waals surface area contributed by atoms with E-state index in [1.807, 2.05) is 11.9 Å². The summed E-state index contributed by atoms with van der Waals surface area (Å²) in [6.07, 6.45) is 13.0. The van der Waals surface area contributed by atoms with E-state index >= 15 is 0 Å². The van der Waals surface area contributed by atoms with Gasteiger partial charge in [0.2, 0.25) is 5.90 Å². The number of anilines is 2. The molecule has 11 nitrogen and oxygen atoms in total. The van der Waals surface area contributed by atoms with Crippen LogP contribution in [0.25, 0.3) is 0 Å². The standard InChI is InChI=1S/C33H49N7O4S/c1-5-6-7-29-35-22-34-17-11-23(2)24-20-32(3,4)39(21-24)30-26(31(41)38-45(29,42)43)8-9-27(36-30)40-18-12-28(37-40)44-19-13-25-10-14-33(25)15-16-33/h6-9,23-25,34H,5,10-22H2,1-4H3,(H,38,41)/b7-6-,35-29?/t23-,24-,25?/m0/s1. The monoisotopic (exact) mass is 639 g/mol. The Labute approximate surface area is 268 Å². The number of amides is 1. The lowest BCUT2D eigenvalue weighted by Gasteiger charge is -2.37. The van der Waals surface area contributed by atoms with Gasteiger partial charge < -0.3 is 9.64 Å². The van der Waals surface area contributed by atoms with Gasteiger partial charge in [-0.1, -0.05) is 19.9 Å². The lowest BCUT2D eigenvalue weighted by atomic mass is 9.69. The number of pyridine rings is 1. The molecule has 1 saturated heterocycles. The summed E-state index contributed by atoms with van der Waals surface area (Å²) in [4.78, 5) is 25.2. The summed E-state index contributed by atoms with van der Waals surface area (Å²) in [7, 11) is -4.22. The maximum Gasteiger partial charge on any atom is 0.281 e. The number of aliphatic imine (C=N–C) groups is 1. The SMILES string of the molecule is CC/C=C\C1=NCNCC[C@H](C)[C@@H]2CN(c3nc(N4CCC(OCCC5CCC56CC6)=N4)ccc3C(=O)NS1(=O)=O)C(C)(C)C2. The van der Waals surface area contributed by atoms with Crippen LogP contribution in [-0.2, 0) is 14.8 Å². The molecule has 2 N–H and O–H groups in total. The number of carbonyl (C=O) groups excluding carboxylic acids is 1. The molecule has 3 aliphatic heterocycles. The van der Waals surface area contributed by atoms with Crippen molar-refractivity contribution in [2.24, 2.45) is 33.3 Å². The van der Waals surface area contributed by atoms with Crippen LogP contribution in [0.1, 0.15) is 95.8 Å². The second kappa shape index (κ2) is 12.7. The summed E-state index contributed by atoms with van der Waals surface area (Å²) in [6, 6.07) is 3.42. The predicted octanol–water partition coefficient (Wildman–Crippen LogP) is 4.82. The summed E-state index contributed by atoms with van der Waals surface area (Å²) < 4.78 is 35.2. The summed E-state index contributed by atoms with van der Waals surface area (Å²) in [5.74, 6) is 2.68. The van der Waals surface area contributed by atoms with Gasteiger partial charge in [0.15, 0.2) is 10.9 Å². The van der Waals surface area contributed by atoms with Crippen molar-refractivity contribution in [1.82, 2.24) is 15.0 Å². The zero-order valence-corrected chi connectivity index (χ0v) is 28.0. The molecule has 3 atom stereocenters. The molecule has 2 aliphatic carbocycles. The molecule has 3 fully saturated rings. The van der Waals surface area contributed by atoms with Gasteiger partial charge in [-0.25, -0.2) is 14.7 Å². The van der Waals surface area contributed by atoms with E-state index in [9.17, 15) is 13.2 Å². The molecule has 1 aromatic rings. The first-order valence-corrected chi connectivity index (χ1v) is 18.2. The number of sulfonamides is 1. The fourth-order valence-corrected chi connectivity index (χ4v) is 8.49. The van der Waals surface area contributed by atoms with E-state index in [2.05, 4.69) is 40.7 Å². The molecule has 1 aromatic heterocycles. The average Bonchev–Trinajstić information content (AvgIpc) is 3.60. The normalized spacial score (nSPS) is 28.9. The minimum absolute atomic E-state index is 0.151. The third-order valence-electron chi connectivity index (χ3n) is 10.7. The van der Waals surface area contributed by atoms with Crippen LogP contribution in [0.3, 0.4) is 0 Å². The Morgan fingerprint density at radius 1 is 1.18 bits per heavy atom. The molecule has 0 radical (unpaired) electrons. The van der Waals surface area contributed by atoms with Crippen LogP contribution in [0.5, 0.6) is 0 Å². The molecular weight excluding hydrogens is 590 g/mol. The van der Waals surface area contributed by atoms with Crippen LogP contribution in [0, 0.1) is 23.2 Å². The van der Waals surface area contributed by atoms with Crippen LogP contribution < -0.4 is 19.9 Å². The quantitative estimate of drug-likeness (QED) is 0.454. The van der Waals surface area contributed by atoms with Crippen molar-refractivity contribution in [3.05, 3.63) is 29.8 Å². The molecule has 2 bridgehead atoms. The summed E-state index contributed by atoms with van der Waals surface area (Å²) in [6.45, 7) is 11.4. The number of ether oxygens (including phenoxy) is 1. The molecule has 1 amide bonds. The Kier molecular flexibility index (Phi) is 8.99. The highest BCUT2D eigenvalue weighted by molar-refractivity contribution is 8.05. The van der Waals surface area contributed by atoms with Crippen molar-refractivity contribution in [2.75, 3.05) is 42.8 Å². The van der Waals surface area contributed by atoms with Gasteiger partial charge in [0.25, 0.3) is 15.9 Å². The van der Waals surface area contributed by atoms with E-state index in [-0.39, 0.29) is 22.8 Å². The molecule has 4 heterocycles. The molecule has 0 aromatic carbocycles. The number of hydrogen-bond acceptors (Lipinski definition) is 10. The maximum atomic E-state index is 13.8. The predicted molar refractivity (Wildman–Crippen MR) is 178 cm³/mol. The maximum absolute atomic E-state index is 13.8. The minimum Gasteiger partial charge on any atom is -0.480 e. The summed E-state index contributed by atoms with van der Waals surface area (Å²) in [5.41, 5.74) is 0.571. The summed E-state index contributed by atoms with van der Waals surface area (Å²) >= 11 is 0. The van der Waals surface area contributed by atoms with E-state index in [4.69, 9.17) is 14.8 Å². The number of aromatic nitrogens is 1. The Bertz CT molecular complexity index is 1480. The first kappa shape index (κ1) is 32.0. The second-order valence-electron chi connectivity index (χ2n) is 14.2. The van der Waals surface area contributed by atoms with E-state index in [0.29, 0.717) is 54.9 Å². The van der Waals surface area contributed by atoms with E-state index in [0.717, 1.165) is 44.2 Å². The molecule has 2 saturated carbocycles. The second-order valence-corrected chi connectivity index (χ2v) is 15.8. The molecule has 12 heteroatoms. The molecule has 1 unspecified atom stereocenters. The van der Waals surface area contributed by atoms with Crippen molar-refractivity contribution in [1.29, 1.82) is 0 Å². The highest BCUT2D eigenvalue weighted by Crippen LogP contribution is 2.65. The number of hydrazone groups is 1. The third-order valence-corrected chi connectivity index (χ3v) is 12.0. The smallest absolute Gasteiger partial charge is 0.281 e. The van der Waals surface area contributed by atoms with Gasteiger partial charge >= 0.3 is 0 Å². The fourth-order valence-electron chi connectivity index (χ4n) is 7.52. The van der Waals surface area contributed by atoms with Crippen LogP contribution in [-0.4, -0.2) is 68.7 Å². The van der Waals surface area contributed by atoms with Crippen LogP contribution in [0.2, 0.25) is 0 Å². The average molecular weight is 640 g/mol. The molecule has 246 valence electrons. The minimum atomic E-state index is -4.22. The highest BCUT2D eigenvalue weighted by atomic mass is 32.2. The van der Waals surface area contributed by atoms with Gasteiger partial charge in [-0.15, -0.1) is 5.10 Å². The highest BCUT2D eigenvalue weighted by Gasteiger charge is 2.54.